The molecule has 0 radical (unpaired) electrons. The van der Waals surface area contributed by atoms with Crippen LogP contribution in [0.5, 0.6) is 0 Å². The number of morpholine rings is 1. The highest BCUT2D eigenvalue weighted by Gasteiger charge is 2.58. The number of hydrogen-bond donors (Lipinski definition) is 0. The van der Waals surface area contributed by atoms with Crippen LogP contribution in [0.4, 0.5) is 0 Å². The van der Waals surface area contributed by atoms with E-state index >= 15 is 0 Å². The average Bonchev–Trinajstić information content (AvgIpc) is 3.11. The van der Waals surface area contributed by atoms with E-state index in [0.717, 1.165) is 68.2 Å². The number of ether oxygens (including phenoxy) is 2. The number of hydrogen-bond acceptors (Lipinski definition) is 4. The lowest BCUT2D eigenvalue weighted by atomic mass is 9.49. The number of fused-ring (bicyclic) bond motifs is 5. The van der Waals surface area contributed by atoms with Crippen LogP contribution in [0.2, 0.25) is 0 Å². The maximum Gasteiger partial charge on any atom is 0.150 e. The molecule has 9 atom stereocenters. The van der Waals surface area contributed by atoms with Crippen molar-refractivity contribution in [1.82, 2.24) is 4.90 Å². The summed E-state index contributed by atoms with van der Waals surface area (Å²) in [5.41, 5.74) is 0.250. The predicted molar refractivity (Wildman–Crippen MR) is 118 cm³/mol. The molecule has 0 bridgehead atoms. The minimum atomic E-state index is 0.250. The third kappa shape index (κ3) is 3.59. The zero-order valence-electron chi connectivity index (χ0n) is 19.5. The Morgan fingerprint density at radius 2 is 1.83 bits per heavy atom. The molecule has 4 aliphatic carbocycles. The van der Waals surface area contributed by atoms with Gasteiger partial charge in [-0.1, -0.05) is 13.8 Å². The Labute approximate surface area is 183 Å². The molecule has 4 saturated carbocycles. The number of Topliss-reactive ketones (excluding diaryl/α,β-unsaturated/α-hetero) is 1. The first-order valence-corrected chi connectivity index (χ1v) is 12.9. The van der Waals surface area contributed by atoms with Gasteiger partial charge in [-0.25, -0.2) is 0 Å². The smallest absolute Gasteiger partial charge is 0.150 e. The van der Waals surface area contributed by atoms with Crippen molar-refractivity contribution in [2.45, 2.75) is 71.3 Å². The SMILES string of the molecule is COC1CC2C(CCC3C2CCC2(C)C(C(=O)CN4CCOCC4)CCC32)CC1C. The third-order valence-electron chi connectivity index (χ3n) is 10.5. The molecule has 0 aromatic heterocycles. The standard InChI is InChI=1S/C26H43NO3/c1-17-14-18-4-5-20-19(21(18)15-25(17)29-3)8-9-26(2)22(20)6-7-23(26)24(28)16-27-10-12-30-13-11-27/h17-23,25H,4-16H2,1-3H3. The lowest BCUT2D eigenvalue weighted by molar-refractivity contribution is -0.134. The van der Waals surface area contributed by atoms with Gasteiger partial charge in [-0.15, -0.1) is 0 Å². The van der Waals surface area contributed by atoms with Crippen LogP contribution in [0.25, 0.3) is 0 Å². The Morgan fingerprint density at radius 1 is 1.03 bits per heavy atom. The van der Waals surface area contributed by atoms with Gasteiger partial charge in [0.05, 0.1) is 25.9 Å². The zero-order chi connectivity index (χ0) is 20.9. The van der Waals surface area contributed by atoms with Crippen molar-refractivity contribution in [2.24, 2.45) is 46.8 Å². The van der Waals surface area contributed by atoms with E-state index in [2.05, 4.69) is 18.7 Å². The summed E-state index contributed by atoms with van der Waals surface area (Å²) in [7, 11) is 1.92. The summed E-state index contributed by atoms with van der Waals surface area (Å²) < 4.78 is 11.4. The summed E-state index contributed by atoms with van der Waals surface area (Å²) in [5.74, 6) is 5.86. The molecule has 5 rings (SSSR count). The predicted octanol–water partition coefficient (Wildman–Crippen LogP) is 4.42. The van der Waals surface area contributed by atoms with Gasteiger partial charge < -0.3 is 9.47 Å². The van der Waals surface area contributed by atoms with Crippen LogP contribution < -0.4 is 0 Å². The minimum Gasteiger partial charge on any atom is -0.381 e. The topological polar surface area (TPSA) is 38.8 Å². The van der Waals surface area contributed by atoms with E-state index in [1.165, 1.54) is 44.9 Å². The number of rotatable bonds is 4. The van der Waals surface area contributed by atoms with Gasteiger partial charge in [-0.2, -0.15) is 0 Å². The van der Waals surface area contributed by atoms with Crippen molar-refractivity contribution in [3.8, 4) is 0 Å². The number of carbonyl (C=O) groups excluding carboxylic acids is 1. The fourth-order valence-corrected chi connectivity index (χ4v) is 8.97. The van der Waals surface area contributed by atoms with Crippen molar-refractivity contribution in [3.63, 3.8) is 0 Å². The molecule has 0 aromatic carbocycles. The molecule has 4 nitrogen and oxygen atoms in total. The molecular weight excluding hydrogens is 374 g/mol. The van der Waals surface area contributed by atoms with E-state index in [1.807, 2.05) is 7.11 Å². The van der Waals surface area contributed by atoms with E-state index in [-0.39, 0.29) is 5.41 Å². The summed E-state index contributed by atoms with van der Waals surface area (Å²) in [6.45, 7) is 8.96. The van der Waals surface area contributed by atoms with Gasteiger partial charge in [0.15, 0.2) is 0 Å². The zero-order valence-corrected chi connectivity index (χ0v) is 19.5. The summed E-state index contributed by atoms with van der Waals surface area (Å²) in [6.07, 6.45) is 11.0. The molecule has 1 aliphatic heterocycles. The number of methoxy groups -OCH3 is 1. The van der Waals surface area contributed by atoms with Crippen molar-refractivity contribution >= 4 is 5.78 Å². The second-order valence-corrected chi connectivity index (χ2v) is 11.7. The van der Waals surface area contributed by atoms with Gasteiger partial charge >= 0.3 is 0 Å². The van der Waals surface area contributed by atoms with Crippen LogP contribution in [-0.2, 0) is 14.3 Å². The Bertz CT molecular complexity index is 632. The van der Waals surface area contributed by atoms with Gasteiger partial charge in [0.25, 0.3) is 0 Å². The molecule has 0 N–H and O–H groups in total. The first kappa shape index (κ1) is 21.4. The normalized spacial score (nSPS) is 49.2. The number of nitrogens with zero attached hydrogens (tertiary/aromatic N) is 1. The fourth-order valence-electron chi connectivity index (χ4n) is 8.97. The van der Waals surface area contributed by atoms with Crippen LogP contribution in [0.15, 0.2) is 0 Å². The van der Waals surface area contributed by atoms with Gasteiger partial charge in [0.1, 0.15) is 5.78 Å². The Kier molecular flexibility index (Phi) is 6.05. The van der Waals surface area contributed by atoms with E-state index in [1.54, 1.807) is 0 Å². The maximum atomic E-state index is 13.4. The average molecular weight is 418 g/mol. The lowest BCUT2D eigenvalue weighted by Gasteiger charge is -2.57. The van der Waals surface area contributed by atoms with E-state index in [0.29, 0.717) is 24.3 Å². The van der Waals surface area contributed by atoms with Crippen molar-refractivity contribution in [1.29, 1.82) is 0 Å². The second-order valence-electron chi connectivity index (χ2n) is 11.7. The highest BCUT2D eigenvalue weighted by atomic mass is 16.5. The molecule has 30 heavy (non-hydrogen) atoms. The van der Waals surface area contributed by atoms with Gasteiger partial charge in [-0.05, 0) is 92.3 Å². The van der Waals surface area contributed by atoms with Gasteiger partial charge in [0.2, 0.25) is 0 Å². The quantitative estimate of drug-likeness (QED) is 0.679. The number of carbonyl (C=O) groups is 1. The van der Waals surface area contributed by atoms with Crippen molar-refractivity contribution < 1.29 is 14.3 Å². The fraction of sp³-hybridized carbons (Fsp3) is 0.962. The van der Waals surface area contributed by atoms with E-state index in [4.69, 9.17) is 9.47 Å². The lowest BCUT2D eigenvalue weighted by Crippen LogP contribution is -2.51. The minimum absolute atomic E-state index is 0.250. The van der Waals surface area contributed by atoms with Gasteiger partial charge in [-0.3, -0.25) is 9.69 Å². The van der Waals surface area contributed by atoms with Crippen LogP contribution in [0.3, 0.4) is 0 Å². The maximum absolute atomic E-state index is 13.4. The van der Waals surface area contributed by atoms with Crippen LogP contribution in [-0.4, -0.2) is 56.7 Å². The van der Waals surface area contributed by atoms with Crippen LogP contribution in [0, 0.1) is 46.8 Å². The second kappa shape index (κ2) is 8.48. The Hall–Kier alpha value is -0.450. The number of ketones is 1. The molecule has 170 valence electrons. The van der Waals surface area contributed by atoms with E-state index < -0.39 is 0 Å². The summed E-state index contributed by atoms with van der Waals surface area (Å²) in [4.78, 5) is 15.7. The first-order chi connectivity index (χ1) is 14.5. The van der Waals surface area contributed by atoms with Gasteiger partial charge in [0, 0.05) is 26.1 Å². The molecule has 0 spiro atoms. The molecule has 1 saturated heterocycles. The highest BCUT2D eigenvalue weighted by molar-refractivity contribution is 5.84. The molecule has 9 unspecified atom stereocenters. The Morgan fingerprint density at radius 3 is 2.60 bits per heavy atom. The van der Waals surface area contributed by atoms with Crippen molar-refractivity contribution in [3.05, 3.63) is 0 Å². The van der Waals surface area contributed by atoms with Crippen LogP contribution >= 0.6 is 0 Å². The van der Waals surface area contributed by atoms with Crippen molar-refractivity contribution in [2.75, 3.05) is 40.0 Å². The molecule has 0 aromatic rings. The summed E-state index contributed by atoms with van der Waals surface area (Å²) in [6, 6.07) is 0. The molecule has 1 heterocycles. The Balaban J connectivity index is 1.28. The molecule has 4 heteroatoms. The first-order valence-electron chi connectivity index (χ1n) is 12.9. The summed E-state index contributed by atoms with van der Waals surface area (Å²) >= 11 is 0. The molecule has 5 aliphatic rings. The molecule has 5 fully saturated rings. The molecule has 0 amide bonds. The monoisotopic (exact) mass is 417 g/mol. The molecular formula is C26H43NO3. The van der Waals surface area contributed by atoms with Crippen LogP contribution in [0.1, 0.15) is 65.2 Å². The summed E-state index contributed by atoms with van der Waals surface area (Å²) in [5, 5.41) is 0. The largest absolute Gasteiger partial charge is 0.381 e. The van der Waals surface area contributed by atoms with E-state index in [9.17, 15) is 4.79 Å². The third-order valence-corrected chi connectivity index (χ3v) is 10.5. The highest BCUT2D eigenvalue weighted by Crippen LogP contribution is 2.64.